The van der Waals surface area contributed by atoms with Crippen molar-refractivity contribution in [2.24, 2.45) is 16.6 Å². The van der Waals surface area contributed by atoms with E-state index in [-0.39, 0.29) is 0 Å². The van der Waals surface area contributed by atoms with E-state index in [4.69, 9.17) is 23.0 Å². The van der Waals surface area contributed by atoms with Crippen molar-refractivity contribution in [2.45, 2.75) is 19.8 Å². The highest BCUT2D eigenvalue weighted by molar-refractivity contribution is 5.80. The average molecular weight is 392 g/mol. The maximum Gasteiger partial charge on any atom is 0.165 e. The minimum absolute atomic E-state index is 0.325. The molecule has 2 rings (SSSR count). The second kappa shape index (κ2) is 10.7. The molecule has 0 aliphatic heterocycles. The maximum absolute atomic E-state index is 6.07. The molecule has 2 aromatic rings. The van der Waals surface area contributed by atoms with Gasteiger partial charge in [-0.2, -0.15) is 0 Å². The zero-order valence-electron chi connectivity index (χ0n) is 16.7. The number of allylic oxidation sites excluding steroid dienone is 3. The van der Waals surface area contributed by atoms with Gasteiger partial charge in [-0.25, -0.2) is 10.8 Å². The summed E-state index contributed by atoms with van der Waals surface area (Å²) < 4.78 is 0. The first-order valence-corrected chi connectivity index (χ1v) is 9.24. The Labute approximate surface area is 171 Å². The quantitative estimate of drug-likeness (QED) is 0.193. The molecule has 0 fully saturated rings. The van der Waals surface area contributed by atoms with Gasteiger partial charge in [0.1, 0.15) is 5.82 Å². The standard InChI is InChI=1S/C22H29N7/c1-15(9-17-6-4-3-5-7-17)8-16(2)13-27-14-18(12-23)10-19-11-20(24)28-22(29-26)21(19)25/h3-8,11-12,14H,1,9-10,13,23,25-26H2,2H3,(H3,24,28,29)/b16-8+,18-12?,27-14?. The van der Waals surface area contributed by atoms with Crippen molar-refractivity contribution in [1.29, 1.82) is 0 Å². The molecule has 0 spiro atoms. The summed E-state index contributed by atoms with van der Waals surface area (Å²) in [6.07, 6.45) is 6.59. The number of aromatic nitrogens is 1. The van der Waals surface area contributed by atoms with Gasteiger partial charge >= 0.3 is 0 Å². The molecule has 0 amide bonds. The molecular formula is C22H29N7. The molecule has 0 radical (unpaired) electrons. The first kappa shape index (κ1) is 21.7. The van der Waals surface area contributed by atoms with Crippen LogP contribution in [0.4, 0.5) is 17.3 Å². The van der Waals surface area contributed by atoms with E-state index in [1.807, 2.05) is 25.1 Å². The number of rotatable bonds is 9. The van der Waals surface area contributed by atoms with Crippen LogP contribution < -0.4 is 28.5 Å². The van der Waals surface area contributed by atoms with Crippen molar-refractivity contribution in [3.63, 3.8) is 0 Å². The molecule has 1 aromatic carbocycles. The lowest BCUT2D eigenvalue weighted by atomic mass is 10.0. The number of pyridine rings is 1. The van der Waals surface area contributed by atoms with E-state index < -0.39 is 0 Å². The van der Waals surface area contributed by atoms with Gasteiger partial charge in [0.15, 0.2) is 5.82 Å². The number of nitrogens with zero attached hydrogens (tertiary/aromatic N) is 2. The summed E-state index contributed by atoms with van der Waals surface area (Å²) in [4.78, 5) is 8.53. The van der Waals surface area contributed by atoms with Gasteiger partial charge < -0.3 is 22.6 Å². The van der Waals surface area contributed by atoms with Crippen LogP contribution in [0.2, 0.25) is 0 Å². The third kappa shape index (κ3) is 6.82. The first-order valence-electron chi connectivity index (χ1n) is 9.24. The predicted molar refractivity (Wildman–Crippen MR) is 123 cm³/mol. The number of nitrogen functional groups attached to an aromatic ring is 3. The monoisotopic (exact) mass is 391 g/mol. The molecule has 0 unspecified atom stereocenters. The van der Waals surface area contributed by atoms with E-state index in [1.165, 1.54) is 11.8 Å². The molecular weight excluding hydrogens is 362 g/mol. The summed E-state index contributed by atoms with van der Waals surface area (Å²) in [6, 6.07) is 11.9. The van der Waals surface area contributed by atoms with Crippen molar-refractivity contribution in [2.75, 3.05) is 23.4 Å². The fourth-order valence-corrected chi connectivity index (χ4v) is 2.86. The number of nitrogens with one attached hydrogen (secondary N) is 1. The lowest BCUT2D eigenvalue weighted by Gasteiger charge is -2.11. The topological polar surface area (TPSA) is 141 Å². The molecule has 0 bridgehead atoms. The number of anilines is 3. The van der Waals surface area contributed by atoms with E-state index >= 15 is 0 Å². The number of hydrogen-bond acceptors (Lipinski definition) is 7. The highest BCUT2D eigenvalue weighted by Crippen LogP contribution is 2.24. The molecule has 9 N–H and O–H groups in total. The molecule has 0 saturated carbocycles. The zero-order chi connectivity index (χ0) is 21.2. The summed E-state index contributed by atoms with van der Waals surface area (Å²) in [5.41, 5.74) is 25.5. The fourth-order valence-electron chi connectivity index (χ4n) is 2.86. The molecule has 1 heterocycles. The smallest absolute Gasteiger partial charge is 0.165 e. The average Bonchev–Trinajstić information content (AvgIpc) is 2.70. The Balaban J connectivity index is 1.97. The lowest BCUT2D eigenvalue weighted by molar-refractivity contribution is 1.11. The van der Waals surface area contributed by atoms with Crippen molar-refractivity contribution in [3.05, 3.63) is 83.1 Å². The highest BCUT2D eigenvalue weighted by atomic mass is 15.3. The van der Waals surface area contributed by atoms with Gasteiger partial charge in [-0.05, 0) is 42.3 Å². The number of benzene rings is 1. The van der Waals surface area contributed by atoms with Crippen molar-refractivity contribution in [1.82, 2.24) is 4.98 Å². The number of aliphatic imine (C=N–C) groups is 1. The molecule has 0 saturated heterocycles. The van der Waals surface area contributed by atoms with Crippen LogP contribution in [0.25, 0.3) is 0 Å². The van der Waals surface area contributed by atoms with E-state index in [0.29, 0.717) is 30.3 Å². The predicted octanol–water partition coefficient (Wildman–Crippen LogP) is 2.73. The van der Waals surface area contributed by atoms with Crippen LogP contribution in [-0.4, -0.2) is 17.7 Å². The molecule has 0 atom stereocenters. The molecule has 0 aliphatic rings. The number of nitrogens with two attached hydrogens (primary N) is 4. The van der Waals surface area contributed by atoms with Gasteiger partial charge in [0.05, 0.1) is 12.2 Å². The molecule has 7 nitrogen and oxygen atoms in total. The van der Waals surface area contributed by atoms with Gasteiger partial charge in [-0.1, -0.05) is 54.1 Å². The van der Waals surface area contributed by atoms with E-state index in [9.17, 15) is 0 Å². The zero-order valence-corrected chi connectivity index (χ0v) is 16.7. The van der Waals surface area contributed by atoms with Crippen LogP contribution in [0.3, 0.4) is 0 Å². The molecule has 29 heavy (non-hydrogen) atoms. The molecule has 152 valence electrons. The fraction of sp³-hybridized carbons (Fsp3) is 0.182. The summed E-state index contributed by atoms with van der Waals surface area (Å²) in [5.74, 6) is 6.09. The minimum Gasteiger partial charge on any atom is -0.404 e. The Morgan fingerprint density at radius 1 is 1.21 bits per heavy atom. The Bertz CT molecular complexity index is 928. The summed E-state index contributed by atoms with van der Waals surface area (Å²) in [6.45, 7) is 6.71. The van der Waals surface area contributed by atoms with Crippen molar-refractivity contribution >= 4 is 23.5 Å². The van der Waals surface area contributed by atoms with Crippen molar-refractivity contribution in [3.8, 4) is 0 Å². The third-order valence-corrected chi connectivity index (χ3v) is 4.23. The second-order valence-electron chi connectivity index (χ2n) is 6.81. The lowest BCUT2D eigenvalue weighted by Crippen LogP contribution is -2.14. The Kier molecular flexibility index (Phi) is 8.00. The van der Waals surface area contributed by atoms with E-state index in [2.05, 4.69) is 40.2 Å². The molecule has 7 heteroatoms. The van der Waals surface area contributed by atoms with Gasteiger partial charge in [-0.15, -0.1) is 0 Å². The maximum atomic E-state index is 6.07. The minimum atomic E-state index is 0.325. The van der Waals surface area contributed by atoms with Gasteiger partial charge in [0.2, 0.25) is 0 Å². The largest absolute Gasteiger partial charge is 0.404 e. The van der Waals surface area contributed by atoms with Crippen LogP contribution >= 0.6 is 0 Å². The highest BCUT2D eigenvalue weighted by Gasteiger charge is 2.09. The molecule has 0 aliphatic carbocycles. The van der Waals surface area contributed by atoms with Crippen molar-refractivity contribution < 1.29 is 0 Å². The van der Waals surface area contributed by atoms with Gasteiger partial charge in [0.25, 0.3) is 0 Å². The summed E-state index contributed by atoms with van der Waals surface area (Å²) >= 11 is 0. The van der Waals surface area contributed by atoms with E-state index in [1.54, 1.807) is 12.3 Å². The van der Waals surface area contributed by atoms with Gasteiger partial charge in [0, 0.05) is 12.6 Å². The normalized spacial score (nSPS) is 12.3. The van der Waals surface area contributed by atoms with E-state index in [0.717, 1.165) is 28.7 Å². The summed E-state index contributed by atoms with van der Waals surface area (Å²) in [7, 11) is 0. The third-order valence-electron chi connectivity index (χ3n) is 4.23. The first-order chi connectivity index (χ1) is 13.9. The SMILES string of the molecule is C=C(/C=C(\C)CN=CC(=CN)Cc1cc(N)nc(NN)c1N)Cc1ccccc1. The second-order valence-corrected chi connectivity index (χ2v) is 6.81. The Morgan fingerprint density at radius 2 is 1.93 bits per heavy atom. The Morgan fingerprint density at radius 3 is 2.59 bits per heavy atom. The van der Waals surface area contributed by atoms with Crippen LogP contribution in [0.1, 0.15) is 18.1 Å². The Hall–Kier alpha value is -3.58. The number of hydrogen-bond donors (Lipinski definition) is 5. The van der Waals surface area contributed by atoms with Crippen LogP contribution in [0.15, 0.2) is 77.0 Å². The van der Waals surface area contributed by atoms with Crippen LogP contribution in [-0.2, 0) is 12.8 Å². The van der Waals surface area contributed by atoms with Crippen LogP contribution in [0, 0.1) is 0 Å². The number of hydrazine groups is 1. The summed E-state index contributed by atoms with van der Waals surface area (Å²) in [5, 5.41) is 0. The van der Waals surface area contributed by atoms with Crippen LogP contribution in [0.5, 0.6) is 0 Å². The molecule has 1 aromatic heterocycles. The van der Waals surface area contributed by atoms with Gasteiger partial charge in [-0.3, -0.25) is 4.99 Å².